The number of carbonyl (C=O) groups is 1. The van der Waals surface area contributed by atoms with Gasteiger partial charge >= 0.3 is 0 Å². The zero-order valence-electron chi connectivity index (χ0n) is 7.90. The molecule has 1 heterocycles. The van der Waals surface area contributed by atoms with Crippen LogP contribution in [0.5, 0.6) is 17.2 Å². The summed E-state index contributed by atoms with van der Waals surface area (Å²) in [5, 5.41) is 9.31. The number of methoxy groups -OCH3 is 1. The molecular weight excluding hydrogens is 184 g/mol. The van der Waals surface area contributed by atoms with E-state index in [1.807, 2.05) is 0 Å². The normalized spacial score (nSPS) is 19.0. The molecule has 1 aromatic carbocycles. The van der Waals surface area contributed by atoms with Gasteiger partial charge < -0.3 is 14.6 Å². The van der Waals surface area contributed by atoms with E-state index in [1.165, 1.54) is 19.2 Å². The molecule has 0 bridgehead atoms. The van der Waals surface area contributed by atoms with Crippen LogP contribution in [0.1, 0.15) is 17.3 Å². The predicted octanol–water partition coefficient (Wildman–Crippen LogP) is 1.36. The first-order chi connectivity index (χ1) is 6.63. The minimum absolute atomic E-state index is 0.0301. The molecule has 0 aliphatic carbocycles. The van der Waals surface area contributed by atoms with Gasteiger partial charge in [-0.1, -0.05) is 0 Å². The van der Waals surface area contributed by atoms with Crippen LogP contribution in [0.4, 0.5) is 0 Å². The molecule has 2 rings (SSSR count). The molecule has 1 aliphatic rings. The predicted molar refractivity (Wildman–Crippen MR) is 49.1 cm³/mol. The van der Waals surface area contributed by atoms with Crippen molar-refractivity contribution in [1.29, 1.82) is 0 Å². The first-order valence-corrected chi connectivity index (χ1v) is 4.25. The number of aromatic hydroxyl groups is 1. The molecule has 1 aromatic rings. The maximum atomic E-state index is 11.6. The first kappa shape index (κ1) is 8.87. The third-order valence-electron chi connectivity index (χ3n) is 2.19. The van der Waals surface area contributed by atoms with E-state index in [4.69, 9.17) is 9.47 Å². The third-order valence-corrected chi connectivity index (χ3v) is 2.19. The van der Waals surface area contributed by atoms with Gasteiger partial charge in [-0.2, -0.15) is 0 Å². The number of carbonyl (C=O) groups excluding carboxylic acids is 1. The number of hydrogen-bond acceptors (Lipinski definition) is 4. The van der Waals surface area contributed by atoms with E-state index in [2.05, 4.69) is 0 Å². The van der Waals surface area contributed by atoms with Crippen LogP contribution in [0.15, 0.2) is 12.1 Å². The Kier molecular flexibility index (Phi) is 1.84. The van der Waals surface area contributed by atoms with Crippen LogP contribution in [0, 0.1) is 0 Å². The number of phenols is 1. The minimum Gasteiger partial charge on any atom is -0.508 e. The van der Waals surface area contributed by atoms with Crippen LogP contribution in [0.3, 0.4) is 0 Å². The average Bonchev–Trinajstić information content (AvgIpc) is 2.41. The summed E-state index contributed by atoms with van der Waals surface area (Å²) in [6.07, 6.45) is -0.499. The summed E-state index contributed by atoms with van der Waals surface area (Å²) in [6, 6.07) is 2.82. The molecular formula is C10H10O4. The SMILES string of the molecule is COc1cc(O)cc2c1C(=O)[C@@H](C)O2. The van der Waals surface area contributed by atoms with Gasteiger partial charge in [0.25, 0.3) is 0 Å². The topological polar surface area (TPSA) is 55.8 Å². The molecule has 0 radical (unpaired) electrons. The van der Waals surface area contributed by atoms with E-state index in [0.717, 1.165) is 0 Å². The molecule has 1 aliphatic heterocycles. The Morgan fingerprint density at radius 1 is 1.50 bits per heavy atom. The summed E-state index contributed by atoms with van der Waals surface area (Å²) in [5.74, 6) is 0.660. The van der Waals surface area contributed by atoms with Gasteiger partial charge in [-0.3, -0.25) is 4.79 Å². The molecule has 0 saturated heterocycles. The van der Waals surface area contributed by atoms with Crippen molar-refractivity contribution in [3.8, 4) is 17.2 Å². The zero-order chi connectivity index (χ0) is 10.3. The smallest absolute Gasteiger partial charge is 0.210 e. The standard InChI is InChI=1S/C10H10O4/c1-5-10(12)9-7(13-2)3-6(11)4-8(9)14-5/h3-5,11H,1-2H3/t5-/m1/s1. The van der Waals surface area contributed by atoms with Crippen molar-refractivity contribution in [3.05, 3.63) is 17.7 Å². The fourth-order valence-electron chi connectivity index (χ4n) is 1.52. The second kappa shape index (κ2) is 2.90. The number of fused-ring (bicyclic) bond motifs is 1. The summed E-state index contributed by atoms with van der Waals surface area (Å²) in [6.45, 7) is 1.67. The number of ketones is 1. The van der Waals surface area contributed by atoms with E-state index in [0.29, 0.717) is 17.1 Å². The van der Waals surface area contributed by atoms with Gasteiger partial charge in [0, 0.05) is 12.1 Å². The summed E-state index contributed by atoms with van der Waals surface area (Å²) in [4.78, 5) is 11.6. The van der Waals surface area contributed by atoms with E-state index < -0.39 is 6.10 Å². The number of ether oxygens (including phenoxy) is 2. The molecule has 4 heteroatoms. The van der Waals surface area contributed by atoms with Gasteiger partial charge in [0.2, 0.25) is 5.78 Å². The summed E-state index contributed by atoms with van der Waals surface area (Å²) in [7, 11) is 1.45. The van der Waals surface area contributed by atoms with Crippen LogP contribution < -0.4 is 9.47 Å². The Hall–Kier alpha value is -1.71. The lowest BCUT2D eigenvalue weighted by molar-refractivity contribution is 0.0877. The van der Waals surface area contributed by atoms with Crippen molar-refractivity contribution in [2.24, 2.45) is 0 Å². The van der Waals surface area contributed by atoms with Crippen LogP contribution in [-0.4, -0.2) is 24.1 Å². The van der Waals surface area contributed by atoms with Crippen molar-refractivity contribution < 1.29 is 19.4 Å². The van der Waals surface area contributed by atoms with Crippen LogP contribution in [-0.2, 0) is 0 Å². The van der Waals surface area contributed by atoms with Crippen molar-refractivity contribution in [2.75, 3.05) is 7.11 Å². The highest BCUT2D eigenvalue weighted by molar-refractivity contribution is 6.06. The number of phenolic OH excluding ortho intramolecular Hbond substituents is 1. The number of Topliss-reactive ketones (excluding diaryl/α,β-unsaturated/α-hetero) is 1. The lowest BCUT2D eigenvalue weighted by atomic mass is 10.1. The first-order valence-electron chi connectivity index (χ1n) is 4.25. The zero-order valence-corrected chi connectivity index (χ0v) is 7.90. The Morgan fingerprint density at radius 3 is 2.86 bits per heavy atom. The molecule has 1 N–H and O–H groups in total. The number of hydrogen-bond donors (Lipinski definition) is 1. The average molecular weight is 194 g/mol. The molecule has 74 valence electrons. The fraction of sp³-hybridized carbons (Fsp3) is 0.300. The number of rotatable bonds is 1. The Balaban J connectivity index is 2.62. The Morgan fingerprint density at radius 2 is 2.21 bits per heavy atom. The summed E-state index contributed by atoms with van der Waals surface area (Å²) >= 11 is 0. The minimum atomic E-state index is -0.499. The lowest BCUT2D eigenvalue weighted by Gasteiger charge is -2.04. The van der Waals surface area contributed by atoms with Gasteiger partial charge in [0.15, 0.2) is 6.10 Å². The van der Waals surface area contributed by atoms with Crippen LogP contribution >= 0.6 is 0 Å². The summed E-state index contributed by atoms with van der Waals surface area (Å²) < 4.78 is 10.2. The highest BCUT2D eigenvalue weighted by Gasteiger charge is 2.32. The maximum Gasteiger partial charge on any atom is 0.210 e. The molecule has 14 heavy (non-hydrogen) atoms. The molecule has 1 atom stereocenters. The van der Waals surface area contributed by atoms with Gasteiger partial charge in [0.1, 0.15) is 22.8 Å². The molecule has 0 unspecified atom stereocenters. The molecule has 4 nitrogen and oxygen atoms in total. The van der Waals surface area contributed by atoms with Crippen molar-refractivity contribution in [2.45, 2.75) is 13.0 Å². The molecule has 0 spiro atoms. The fourth-order valence-corrected chi connectivity index (χ4v) is 1.52. The van der Waals surface area contributed by atoms with Gasteiger partial charge in [0.05, 0.1) is 7.11 Å². The monoisotopic (exact) mass is 194 g/mol. The molecule has 0 saturated carbocycles. The van der Waals surface area contributed by atoms with Crippen molar-refractivity contribution >= 4 is 5.78 Å². The maximum absolute atomic E-state index is 11.6. The Labute approximate surface area is 81.1 Å². The van der Waals surface area contributed by atoms with Gasteiger partial charge in [-0.15, -0.1) is 0 Å². The van der Waals surface area contributed by atoms with E-state index in [-0.39, 0.29) is 11.5 Å². The highest BCUT2D eigenvalue weighted by atomic mass is 16.5. The molecule has 0 aromatic heterocycles. The van der Waals surface area contributed by atoms with Crippen molar-refractivity contribution in [3.63, 3.8) is 0 Å². The quantitative estimate of drug-likeness (QED) is 0.733. The number of benzene rings is 1. The Bertz CT molecular complexity index is 397. The molecule has 0 fully saturated rings. The van der Waals surface area contributed by atoms with Crippen LogP contribution in [0.25, 0.3) is 0 Å². The molecule has 0 amide bonds. The van der Waals surface area contributed by atoms with E-state index >= 15 is 0 Å². The van der Waals surface area contributed by atoms with Gasteiger partial charge in [-0.05, 0) is 6.92 Å². The van der Waals surface area contributed by atoms with Crippen molar-refractivity contribution in [1.82, 2.24) is 0 Å². The highest BCUT2D eigenvalue weighted by Crippen LogP contribution is 2.39. The van der Waals surface area contributed by atoms with Gasteiger partial charge in [-0.25, -0.2) is 0 Å². The second-order valence-electron chi connectivity index (χ2n) is 3.15. The largest absolute Gasteiger partial charge is 0.508 e. The van der Waals surface area contributed by atoms with E-state index in [1.54, 1.807) is 6.92 Å². The lowest BCUT2D eigenvalue weighted by Crippen LogP contribution is -2.15. The van der Waals surface area contributed by atoms with Crippen LogP contribution in [0.2, 0.25) is 0 Å². The summed E-state index contributed by atoms with van der Waals surface area (Å²) in [5.41, 5.74) is 0.415. The second-order valence-corrected chi connectivity index (χ2v) is 3.15. The third kappa shape index (κ3) is 1.11. The van der Waals surface area contributed by atoms with E-state index in [9.17, 15) is 9.90 Å².